The third kappa shape index (κ3) is 5.09. The number of rotatable bonds is 6. The van der Waals surface area contributed by atoms with Gasteiger partial charge in [-0.25, -0.2) is 9.78 Å². The van der Waals surface area contributed by atoms with Crippen LogP contribution in [-0.2, 0) is 11.8 Å². The zero-order chi connectivity index (χ0) is 24.1. The Kier molecular flexibility index (Phi) is 7.22. The Bertz CT molecular complexity index is 1180. The molecule has 0 radical (unpaired) electrons. The summed E-state index contributed by atoms with van der Waals surface area (Å²) < 4.78 is 7.60. The van der Waals surface area contributed by atoms with E-state index in [0.29, 0.717) is 44.4 Å². The SMILES string of the molecule is CCN(CC)C(=O)Nc1ccc([C@H]2CN(c3nc(-c4ccncc4)cc(=O)n3C)CCO2)cc1. The predicted molar refractivity (Wildman–Crippen MR) is 132 cm³/mol. The molecule has 2 aromatic heterocycles. The Balaban J connectivity index is 1.51. The van der Waals surface area contributed by atoms with Crippen molar-refractivity contribution in [1.82, 2.24) is 19.4 Å². The van der Waals surface area contributed by atoms with Crippen LogP contribution in [0.15, 0.2) is 59.7 Å². The van der Waals surface area contributed by atoms with Gasteiger partial charge in [-0.05, 0) is 43.7 Å². The Morgan fingerprint density at radius 2 is 1.85 bits per heavy atom. The summed E-state index contributed by atoms with van der Waals surface area (Å²) in [6.07, 6.45) is 3.20. The first-order chi connectivity index (χ1) is 16.5. The van der Waals surface area contributed by atoms with Crippen molar-refractivity contribution >= 4 is 17.7 Å². The average Bonchev–Trinajstić information content (AvgIpc) is 2.87. The van der Waals surface area contributed by atoms with E-state index in [-0.39, 0.29) is 17.7 Å². The molecule has 4 rings (SSSR count). The average molecular weight is 463 g/mol. The van der Waals surface area contributed by atoms with Gasteiger partial charge in [0.15, 0.2) is 0 Å². The van der Waals surface area contributed by atoms with E-state index in [1.165, 1.54) is 0 Å². The van der Waals surface area contributed by atoms with E-state index in [9.17, 15) is 9.59 Å². The molecule has 2 amide bonds. The number of morpholine rings is 1. The van der Waals surface area contributed by atoms with Crippen LogP contribution < -0.4 is 15.8 Å². The third-order valence-corrected chi connectivity index (χ3v) is 6.02. The topological polar surface area (TPSA) is 92.6 Å². The molecule has 3 heterocycles. The zero-order valence-electron chi connectivity index (χ0n) is 19.8. The molecule has 9 heteroatoms. The second kappa shape index (κ2) is 10.5. The van der Waals surface area contributed by atoms with Crippen molar-refractivity contribution in [2.75, 3.05) is 43.0 Å². The Morgan fingerprint density at radius 3 is 2.53 bits per heavy atom. The Morgan fingerprint density at radius 1 is 1.15 bits per heavy atom. The number of hydrogen-bond donors (Lipinski definition) is 1. The predicted octanol–water partition coefficient (Wildman–Crippen LogP) is 3.29. The Labute approximate surface area is 199 Å². The van der Waals surface area contributed by atoms with Crippen molar-refractivity contribution in [1.29, 1.82) is 0 Å². The van der Waals surface area contributed by atoms with Crippen LogP contribution in [0, 0.1) is 0 Å². The molecule has 1 atom stereocenters. The van der Waals surface area contributed by atoms with Gasteiger partial charge < -0.3 is 19.9 Å². The number of ether oxygens (including phenoxy) is 1. The van der Waals surface area contributed by atoms with Crippen LogP contribution in [0.4, 0.5) is 16.4 Å². The van der Waals surface area contributed by atoms with E-state index in [0.717, 1.165) is 16.8 Å². The number of pyridine rings is 1. The molecule has 0 spiro atoms. The van der Waals surface area contributed by atoms with Crippen LogP contribution in [0.1, 0.15) is 25.5 Å². The highest BCUT2D eigenvalue weighted by Gasteiger charge is 2.25. The van der Waals surface area contributed by atoms with Gasteiger partial charge in [-0.2, -0.15) is 0 Å². The van der Waals surface area contributed by atoms with E-state index in [1.54, 1.807) is 35.0 Å². The molecule has 3 aromatic rings. The van der Waals surface area contributed by atoms with Crippen LogP contribution in [-0.4, -0.2) is 58.3 Å². The van der Waals surface area contributed by atoms with Crippen LogP contribution >= 0.6 is 0 Å². The summed E-state index contributed by atoms with van der Waals surface area (Å²) in [5.41, 5.74) is 3.09. The van der Waals surface area contributed by atoms with E-state index >= 15 is 0 Å². The van der Waals surface area contributed by atoms with Gasteiger partial charge in [0.2, 0.25) is 5.95 Å². The summed E-state index contributed by atoms with van der Waals surface area (Å²) in [5, 5.41) is 2.93. The third-order valence-electron chi connectivity index (χ3n) is 6.02. The van der Waals surface area contributed by atoms with Gasteiger partial charge in [-0.3, -0.25) is 14.3 Å². The molecule has 1 N–H and O–H groups in total. The van der Waals surface area contributed by atoms with E-state index in [2.05, 4.69) is 15.2 Å². The van der Waals surface area contributed by atoms with Crippen LogP contribution in [0.5, 0.6) is 0 Å². The first-order valence-corrected chi connectivity index (χ1v) is 11.5. The number of carbonyl (C=O) groups is 1. The van der Waals surface area contributed by atoms with Crippen molar-refractivity contribution < 1.29 is 9.53 Å². The molecule has 0 unspecified atom stereocenters. The minimum atomic E-state index is -0.178. The largest absolute Gasteiger partial charge is 0.370 e. The second-order valence-electron chi connectivity index (χ2n) is 8.10. The number of anilines is 2. The summed E-state index contributed by atoms with van der Waals surface area (Å²) in [4.78, 5) is 37.6. The molecule has 0 aliphatic carbocycles. The highest BCUT2D eigenvalue weighted by Crippen LogP contribution is 2.27. The number of carbonyl (C=O) groups excluding carboxylic acids is 1. The minimum absolute atomic E-state index is 0.112. The van der Waals surface area contributed by atoms with Gasteiger partial charge in [0.1, 0.15) is 6.10 Å². The lowest BCUT2D eigenvalue weighted by Crippen LogP contribution is -2.41. The zero-order valence-corrected chi connectivity index (χ0v) is 19.8. The van der Waals surface area contributed by atoms with E-state index in [4.69, 9.17) is 9.72 Å². The number of amides is 2. The monoisotopic (exact) mass is 462 g/mol. The number of hydrogen-bond acceptors (Lipinski definition) is 6. The normalized spacial score (nSPS) is 15.7. The number of nitrogens with zero attached hydrogens (tertiary/aromatic N) is 5. The second-order valence-corrected chi connectivity index (χ2v) is 8.10. The maximum Gasteiger partial charge on any atom is 0.321 e. The lowest BCUT2D eigenvalue weighted by molar-refractivity contribution is 0.0390. The molecule has 1 aromatic carbocycles. The smallest absolute Gasteiger partial charge is 0.321 e. The standard InChI is InChI=1S/C25H30N6O3/c1-4-30(5-2)25(33)27-20-8-6-19(7-9-20)22-17-31(14-15-34-22)24-28-21(16-23(32)29(24)3)18-10-12-26-13-11-18/h6-13,16,22H,4-5,14-15,17H2,1-3H3,(H,27,33)/t22-/m1/s1. The first kappa shape index (κ1) is 23.4. The first-order valence-electron chi connectivity index (χ1n) is 11.5. The number of aromatic nitrogens is 3. The van der Waals surface area contributed by atoms with Gasteiger partial charge in [0.25, 0.3) is 5.56 Å². The van der Waals surface area contributed by atoms with Gasteiger partial charge in [-0.15, -0.1) is 0 Å². The highest BCUT2D eigenvalue weighted by atomic mass is 16.5. The molecule has 0 saturated carbocycles. The summed E-state index contributed by atoms with van der Waals surface area (Å²) in [6, 6.07) is 12.8. The molecule has 9 nitrogen and oxygen atoms in total. The summed E-state index contributed by atoms with van der Waals surface area (Å²) in [6.45, 7) is 6.93. The van der Waals surface area contributed by atoms with Crippen molar-refractivity contribution in [3.63, 3.8) is 0 Å². The molecular formula is C25H30N6O3. The summed E-state index contributed by atoms with van der Waals surface area (Å²) in [7, 11) is 1.73. The molecule has 1 fully saturated rings. The lowest BCUT2D eigenvalue weighted by atomic mass is 10.1. The molecule has 1 saturated heterocycles. The molecule has 0 bridgehead atoms. The highest BCUT2D eigenvalue weighted by molar-refractivity contribution is 5.89. The molecule has 1 aliphatic rings. The van der Waals surface area contributed by atoms with Crippen molar-refractivity contribution in [3.8, 4) is 11.3 Å². The molecule has 34 heavy (non-hydrogen) atoms. The summed E-state index contributed by atoms with van der Waals surface area (Å²) in [5.74, 6) is 0.607. The van der Waals surface area contributed by atoms with Gasteiger partial charge in [0.05, 0.1) is 18.8 Å². The lowest BCUT2D eigenvalue weighted by Gasteiger charge is -2.34. The van der Waals surface area contributed by atoms with E-state index < -0.39 is 0 Å². The van der Waals surface area contributed by atoms with Gasteiger partial charge >= 0.3 is 6.03 Å². The fourth-order valence-electron chi connectivity index (χ4n) is 4.01. The van der Waals surface area contributed by atoms with Crippen molar-refractivity contribution in [3.05, 3.63) is 70.8 Å². The Hall–Kier alpha value is -3.72. The maximum atomic E-state index is 12.7. The van der Waals surface area contributed by atoms with Crippen LogP contribution in [0.2, 0.25) is 0 Å². The maximum absolute atomic E-state index is 12.7. The molecular weight excluding hydrogens is 432 g/mol. The van der Waals surface area contributed by atoms with Crippen LogP contribution in [0.25, 0.3) is 11.3 Å². The fraction of sp³-hybridized carbons (Fsp3) is 0.360. The number of nitrogens with one attached hydrogen (secondary N) is 1. The van der Waals surface area contributed by atoms with Crippen LogP contribution in [0.3, 0.4) is 0 Å². The number of benzene rings is 1. The molecule has 1 aliphatic heterocycles. The van der Waals surface area contributed by atoms with Gasteiger partial charge in [-0.1, -0.05) is 12.1 Å². The number of urea groups is 1. The van der Waals surface area contributed by atoms with E-state index in [1.807, 2.05) is 50.2 Å². The quantitative estimate of drug-likeness (QED) is 0.604. The van der Waals surface area contributed by atoms with Crippen molar-refractivity contribution in [2.45, 2.75) is 20.0 Å². The van der Waals surface area contributed by atoms with Crippen molar-refractivity contribution in [2.24, 2.45) is 7.05 Å². The fourth-order valence-corrected chi connectivity index (χ4v) is 4.01. The summed E-state index contributed by atoms with van der Waals surface area (Å²) >= 11 is 0. The molecule has 178 valence electrons. The van der Waals surface area contributed by atoms with Gasteiger partial charge in [0, 0.05) is 56.4 Å². The minimum Gasteiger partial charge on any atom is -0.370 e.